The Kier molecular flexibility index (Phi) is 4.11. The fraction of sp³-hybridized carbons (Fsp3) is 0.667. The standard InChI is InChI=1S/C18H20ClF3N2O4/c1-15(2,3)28-14(25)24-16(9-4-5-9)7-26-12-10(16)6-11(23-13(12)19)17(8-27-17)18(20,21)22/h6,9H,4-5,7-8H2,1-3H3,(H,24,25)/t16-,17-/m0/s1. The average molecular weight is 421 g/mol. The third kappa shape index (κ3) is 3.08. The van der Waals surface area contributed by atoms with Crippen LogP contribution in [0.1, 0.15) is 44.9 Å². The van der Waals surface area contributed by atoms with E-state index in [0.29, 0.717) is 5.56 Å². The van der Waals surface area contributed by atoms with Crippen LogP contribution in [0.25, 0.3) is 0 Å². The summed E-state index contributed by atoms with van der Waals surface area (Å²) in [6.45, 7) is 4.72. The molecular formula is C18H20ClF3N2O4. The number of carbonyl (C=O) groups excluding carboxylic acids is 1. The van der Waals surface area contributed by atoms with E-state index in [-0.39, 0.29) is 29.1 Å². The largest absolute Gasteiger partial charge is 0.487 e. The molecule has 0 spiro atoms. The van der Waals surface area contributed by atoms with Crippen molar-refractivity contribution in [2.24, 2.45) is 5.92 Å². The second-order valence-electron chi connectivity index (χ2n) is 8.45. The molecule has 0 aromatic carbocycles. The maximum Gasteiger partial charge on any atom is 0.425 e. The van der Waals surface area contributed by atoms with Crippen LogP contribution in [0.3, 0.4) is 0 Å². The molecule has 1 aromatic rings. The van der Waals surface area contributed by atoms with Gasteiger partial charge < -0.3 is 19.5 Å². The van der Waals surface area contributed by atoms with Crippen LogP contribution in [0.5, 0.6) is 5.75 Å². The molecule has 0 bridgehead atoms. The first kappa shape index (κ1) is 19.6. The quantitative estimate of drug-likeness (QED) is 0.590. The molecule has 1 saturated heterocycles. The van der Waals surface area contributed by atoms with Crippen molar-refractivity contribution >= 4 is 17.7 Å². The Morgan fingerprint density at radius 1 is 1.32 bits per heavy atom. The lowest BCUT2D eigenvalue weighted by atomic mass is 9.86. The van der Waals surface area contributed by atoms with Gasteiger partial charge in [0.1, 0.15) is 17.7 Å². The van der Waals surface area contributed by atoms with Crippen LogP contribution < -0.4 is 10.1 Å². The van der Waals surface area contributed by atoms with Crippen molar-refractivity contribution < 1.29 is 32.2 Å². The molecule has 3 aliphatic rings. The third-order valence-electron chi connectivity index (χ3n) is 5.16. The highest BCUT2D eigenvalue weighted by atomic mass is 35.5. The van der Waals surface area contributed by atoms with Crippen LogP contribution in [0, 0.1) is 5.92 Å². The number of halogens is 4. The maximum absolute atomic E-state index is 13.5. The van der Waals surface area contributed by atoms with Gasteiger partial charge in [-0.15, -0.1) is 0 Å². The zero-order chi connectivity index (χ0) is 20.5. The van der Waals surface area contributed by atoms with Gasteiger partial charge in [-0.05, 0) is 45.6 Å². The Morgan fingerprint density at radius 2 is 1.96 bits per heavy atom. The lowest BCUT2D eigenvalue weighted by molar-refractivity contribution is -0.188. The zero-order valence-corrected chi connectivity index (χ0v) is 16.3. The van der Waals surface area contributed by atoms with E-state index in [1.807, 2.05) is 0 Å². The topological polar surface area (TPSA) is 73.0 Å². The summed E-state index contributed by atoms with van der Waals surface area (Å²) in [5.74, 6) is 0.195. The Morgan fingerprint density at radius 3 is 2.46 bits per heavy atom. The van der Waals surface area contributed by atoms with E-state index >= 15 is 0 Å². The van der Waals surface area contributed by atoms with Gasteiger partial charge >= 0.3 is 12.3 Å². The molecule has 2 aliphatic heterocycles. The van der Waals surface area contributed by atoms with Crippen LogP contribution in [0.15, 0.2) is 6.07 Å². The number of pyridine rings is 1. The number of hydrogen-bond donors (Lipinski definition) is 1. The van der Waals surface area contributed by atoms with Crippen LogP contribution in [-0.4, -0.2) is 36.1 Å². The molecule has 6 nitrogen and oxygen atoms in total. The summed E-state index contributed by atoms with van der Waals surface area (Å²) in [4.78, 5) is 16.3. The first-order valence-corrected chi connectivity index (χ1v) is 9.32. The number of nitrogens with zero attached hydrogens (tertiary/aromatic N) is 1. The molecule has 0 unspecified atom stereocenters. The Hall–Kier alpha value is -1.74. The monoisotopic (exact) mass is 420 g/mol. The number of rotatable bonds is 3. The van der Waals surface area contributed by atoms with Gasteiger partial charge in [-0.2, -0.15) is 13.2 Å². The number of epoxide rings is 1. The highest BCUT2D eigenvalue weighted by molar-refractivity contribution is 6.31. The number of amides is 1. The molecule has 1 amide bonds. The number of fused-ring (bicyclic) bond motifs is 1. The highest BCUT2D eigenvalue weighted by Crippen LogP contribution is 2.56. The van der Waals surface area contributed by atoms with Gasteiger partial charge in [0.05, 0.1) is 12.3 Å². The van der Waals surface area contributed by atoms with Gasteiger partial charge in [0.2, 0.25) is 5.60 Å². The van der Waals surface area contributed by atoms with Crippen molar-refractivity contribution in [3.63, 3.8) is 0 Å². The van der Waals surface area contributed by atoms with E-state index in [4.69, 9.17) is 25.8 Å². The highest BCUT2D eigenvalue weighted by Gasteiger charge is 2.69. The number of alkyl carbamates (subject to hydrolysis) is 1. The maximum atomic E-state index is 13.5. The van der Waals surface area contributed by atoms with E-state index in [2.05, 4.69) is 10.3 Å². The molecule has 1 aromatic heterocycles. The molecule has 0 radical (unpaired) electrons. The Bertz CT molecular complexity index is 831. The van der Waals surface area contributed by atoms with Crippen molar-refractivity contribution in [1.29, 1.82) is 0 Å². The number of alkyl halides is 3. The van der Waals surface area contributed by atoms with E-state index in [1.54, 1.807) is 20.8 Å². The number of nitrogens with one attached hydrogen (secondary N) is 1. The van der Waals surface area contributed by atoms with Crippen molar-refractivity contribution in [3.8, 4) is 5.75 Å². The Labute approximate surface area is 164 Å². The molecule has 3 heterocycles. The molecule has 1 aliphatic carbocycles. The molecular weight excluding hydrogens is 401 g/mol. The normalized spacial score (nSPS) is 29.1. The van der Waals surface area contributed by atoms with Gasteiger partial charge in [0, 0.05) is 5.56 Å². The number of carbonyl (C=O) groups is 1. The molecule has 10 heteroatoms. The van der Waals surface area contributed by atoms with Gasteiger partial charge in [-0.25, -0.2) is 9.78 Å². The van der Waals surface area contributed by atoms with Gasteiger partial charge in [0.25, 0.3) is 0 Å². The first-order chi connectivity index (χ1) is 12.9. The average Bonchev–Trinajstić information content (AvgIpc) is 3.42. The predicted octanol–water partition coefficient (Wildman–Crippen LogP) is 4.05. The Balaban J connectivity index is 1.75. The van der Waals surface area contributed by atoms with Crippen LogP contribution in [-0.2, 0) is 20.6 Å². The van der Waals surface area contributed by atoms with Crippen LogP contribution in [0.4, 0.5) is 18.0 Å². The second-order valence-corrected chi connectivity index (χ2v) is 8.81. The number of ether oxygens (including phenoxy) is 3. The third-order valence-corrected chi connectivity index (χ3v) is 5.42. The van der Waals surface area contributed by atoms with Gasteiger partial charge in [-0.3, -0.25) is 0 Å². The zero-order valence-electron chi connectivity index (χ0n) is 15.6. The fourth-order valence-corrected chi connectivity index (χ4v) is 3.82. The van der Waals surface area contributed by atoms with Crippen molar-refractivity contribution in [2.45, 2.75) is 56.5 Å². The van der Waals surface area contributed by atoms with Crippen molar-refractivity contribution in [3.05, 3.63) is 22.5 Å². The van der Waals surface area contributed by atoms with E-state index in [9.17, 15) is 18.0 Å². The summed E-state index contributed by atoms with van der Waals surface area (Å²) in [7, 11) is 0. The molecule has 154 valence electrons. The van der Waals surface area contributed by atoms with Gasteiger partial charge in [-0.1, -0.05) is 11.6 Å². The first-order valence-electron chi connectivity index (χ1n) is 8.94. The summed E-state index contributed by atoms with van der Waals surface area (Å²) in [5, 5.41) is 2.66. The van der Waals surface area contributed by atoms with E-state index < -0.39 is 35.6 Å². The molecule has 28 heavy (non-hydrogen) atoms. The molecule has 1 saturated carbocycles. The number of aromatic nitrogens is 1. The number of hydrogen-bond acceptors (Lipinski definition) is 5. The minimum absolute atomic E-state index is 0.00884. The molecule has 2 fully saturated rings. The minimum Gasteiger partial charge on any atom is -0.487 e. The van der Waals surface area contributed by atoms with Crippen molar-refractivity contribution in [2.75, 3.05) is 13.2 Å². The van der Waals surface area contributed by atoms with Gasteiger partial charge in [0.15, 0.2) is 10.9 Å². The summed E-state index contributed by atoms with van der Waals surface area (Å²) in [6.07, 6.45) is -3.69. The lowest BCUT2D eigenvalue weighted by Crippen LogP contribution is -2.50. The van der Waals surface area contributed by atoms with Crippen LogP contribution >= 0.6 is 11.6 Å². The van der Waals surface area contributed by atoms with Crippen LogP contribution in [0.2, 0.25) is 5.15 Å². The van der Waals surface area contributed by atoms with Crippen molar-refractivity contribution in [1.82, 2.24) is 10.3 Å². The van der Waals surface area contributed by atoms with E-state index in [1.165, 1.54) is 6.07 Å². The minimum atomic E-state index is -4.63. The lowest BCUT2D eigenvalue weighted by Gasteiger charge is -2.31. The van der Waals surface area contributed by atoms with E-state index in [0.717, 1.165) is 12.8 Å². The fourth-order valence-electron chi connectivity index (χ4n) is 3.58. The summed E-state index contributed by atoms with van der Waals surface area (Å²) >= 11 is 6.15. The summed E-state index contributed by atoms with van der Waals surface area (Å²) in [5.41, 5.74) is -4.14. The molecule has 1 N–H and O–H groups in total. The SMILES string of the molecule is CC(C)(C)OC(=O)N[C@]1(C2CC2)COc2c1cc([C@]1(C(F)(F)F)CO1)nc2Cl. The molecule has 4 rings (SSSR count). The second kappa shape index (κ2) is 5.89. The molecule has 2 atom stereocenters. The summed E-state index contributed by atoms with van der Waals surface area (Å²) < 4.78 is 56.3. The predicted molar refractivity (Wildman–Crippen MR) is 92.2 cm³/mol. The smallest absolute Gasteiger partial charge is 0.425 e. The summed E-state index contributed by atoms with van der Waals surface area (Å²) in [6, 6.07) is 1.30.